The summed E-state index contributed by atoms with van der Waals surface area (Å²) in [7, 11) is 0. The number of ether oxygens (including phenoxy) is 1. The fourth-order valence-corrected chi connectivity index (χ4v) is 5.37. The fraction of sp³-hybridized carbons (Fsp3) is 0.167. The van der Waals surface area contributed by atoms with Crippen molar-refractivity contribution in [1.82, 2.24) is 9.47 Å². The Morgan fingerprint density at radius 3 is 2.49 bits per heavy atom. The van der Waals surface area contributed by atoms with E-state index in [1.54, 1.807) is 48.5 Å². The van der Waals surface area contributed by atoms with Crippen LogP contribution in [0.2, 0.25) is 0 Å². The van der Waals surface area contributed by atoms with E-state index in [2.05, 4.69) is 5.32 Å². The summed E-state index contributed by atoms with van der Waals surface area (Å²) in [6.45, 7) is 4.24. The first-order valence-electron chi connectivity index (χ1n) is 12.4. The normalized spacial score (nSPS) is 14.4. The molecule has 39 heavy (non-hydrogen) atoms. The number of rotatable bonds is 8. The van der Waals surface area contributed by atoms with Crippen LogP contribution in [0.5, 0.6) is 5.75 Å². The number of aromatic nitrogens is 1. The minimum Gasteiger partial charge on any atom is -0.494 e. The molecule has 1 aromatic heterocycles. The molecule has 0 saturated carbocycles. The van der Waals surface area contributed by atoms with Crippen molar-refractivity contribution in [2.24, 2.45) is 0 Å². The van der Waals surface area contributed by atoms with Crippen LogP contribution in [0.4, 0.5) is 14.9 Å². The lowest BCUT2D eigenvalue weighted by atomic mass is 10.1. The second-order valence-electron chi connectivity index (χ2n) is 8.97. The molecule has 0 radical (unpaired) electrons. The highest BCUT2D eigenvalue weighted by Crippen LogP contribution is 2.36. The summed E-state index contributed by atoms with van der Waals surface area (Å²) in [5.41, 5.74) is 3.57. The highest BCUT2D eigenvalue weighted by Gasteiger charge is 2.36. The van der Waals surface area contributed by atoms with Gasteiger partial charge in [0, 0.05) is 33.4 Å². The van der Waals surface area contributed by atoms with Crippen LogP contribution in [0.3, 0.4) is 0 Å². The number of halogens is 1. The summed E-state index contributed by atoms with van der Waals surface area (Å²) in [5.74, 6) is -0.629. The van der Waals surface area contributed by atoms with Gasteiger partial charge in [-0.3, -0.25) is 19.3 Å². The average Bonchev–Trinajstić information content (AvgIpc) is 3.34. The number of carbonyl (C=O) groups is 3. The van der Waals surface area contributed by atoms with Crippen molar-refractivity contribution in [2.75, 3.05) is 18.5 Å². The summed E-state index contributed by atoms with van der Waals surface area (Å²) in [6, 6.07) is 21.1. The van der Waals surface area contributed by atoms with Gasteiger partial charge in [0.1, 0.15) is 18.1 Å². The van der Waals surface area contributed by atoms with Gasteiger partial charge in [0.25, 0.3) is 11.1 Å². The molecule has 0 atom stereocenters. The van der Waals surface area contributed by atoms with Crippen LogP contribution >= 0.6 is 11.8 Å². The zero-order chi connectivity index (χ0) is 27.5. The minimum atomic E-state index is -0.530. The summed E-state index contributed by atoms with van der Waals surface area (Å²) >= 11 is 0.798. The number of anilines is 1. The van der Waals surface area contributed by atoms with Gasteiger partial charge in [0.05, 0.1) is 18.1 Å². The quantitative estimate of drug-likeness (QED) is 0.267. The minimum absolute atomic E-state index is 0.228. The van der Waals surface area contributed by atoms with Crippen LogP contribution in [0.15, 0.2) is 77.7 Å². The van der Waals surface area contributed by atoms with E-state index in [9.17, 15) is 18.8 Å². The highest BCUT2D eigenvalue weighted by molar-refractivity contribution is 8.18. The summed E-state index contributed by atoms with van der Waals surface area (Å²) in [5, 5.41) is 3.07. The first kappa shape index (κ1) is 26.2. The molecule has 3 amide bonds. The van der Waals surface area contributed by atoms with Crippen LogP contribution < -0.4 is 10.1 Å². The lowest BCUT2D eigenvalue weighted by molar-refractivity contribution is -0.127. The molecule has 4 aromatic rings. The van der Waals surface area contributed by atoms with Crippen molar-refractivity contribution < 1.29 is 23.5 Å². The molecule has 2 heterocycles. The lowest BCUT2D eigenvalue weighted by Crippen LogP contribution is -2.36. The molecule has 0 unspecified atom stereocenters. The Labute approximate surface area is 229 Å². The largest absolute Gasteiger partial charge is 0.494 e. The molecule has 0 bridgehead atoms. The maximum absolute atomic E-state index is 14.4. The molecule has 1 aliphatic heterocycles. The van der Waals surface area contributed by atoms with E-state index in [1.807, 2.05) is 42.7 Å². The number of thioether (sulfide) groups is 1. The Kier molecular flexibility index (Phi) is 7.51. The molecule has 1 fully saturated rings. The van der Waals surface area contributed by atoms with Gasteiger partial charge in [-0.15, -0.1) is 0 Å². The molecular weight excluding hydrogens is 517 g/mol. The highest BCUT2D eigenvalue weighted by atomic mass is 32.2. The Bertz CT molecular complexity index is 1610. The average molecular weight is 544 g/mol. The molecule has 0 aliphatic carbocycles. The third-order valence-corrected chi connectivity index (χ3v) is 7.37. The zero-order valence-corrected chi connectivity index (χ0v) is 22.3. The van der Waals surface area contributed by atoms with Gasteiger partial charge in [-0.1, -0.05) is 36.4 Å². The zero-order valence-electron chi connectivity index (χ0n) is 21.4. The molecule has 7 nitrogen and oxygen atoms in total. The number of hydrogen-bond donors (Lipinski definition) is 1. The second-order valence-corrected chi connectivity index (χ2v) is 9.96. The Balaban J connectivity index is 1.37. The van der Waals surface area contributed by atoms with E-state index in [0.29, 0.717) is 30.2 Å². The van der Waals surface area contributed by atoms with Crippen molar-refractivity contribution in [3.63, 3.8) is 0 Å². The third kappa shape index (κ3) is 5.44. The van der Waals surface area contributed by atoms with E-state index >= 15 is 0 Å². The Morgan fingerprint density at radius 1 is 1.03 bits per heavy atom. The number of amides is 3. The second kappa shape index (κ2) is 11.2. The number of para-hydroxylation sites is 1. The Morgan fingerprint density at radius 2 is 1.74 bits per heavy atom. The third-order valence-electron chi connectivity index (χ3n) is 6.47. The van der Waals surface area contributed by atoms with Crippen molar-refractivity contribution in [3.8, 4) is 5.75 Å². The Hall–Kier alpha value is -4.37. The number of nitrogens with one attached hydrogen (secondary N) is 1. The molecule has 198 valence electrons. The van der Waals surface area contributed by atoms with Gasteiger partial charge in [-0.05, 0) is 68.1 Å². The maximum Gasteiger partial charge on any atom is 0.294 e. The van der Waals surface area contributed by atoms with Crippen molar-refractivity contribution in [3.05, 3.63) is 100 Å². The summed E-state index contributed by atoms with van der Waals surface area (Å²) in [4.78, 5) is 39.7. The lowest BCUT2D eigenvalue weighted by Gasteiger charge is -2.12. The summed E-state index contributed by atoms with van der Waals surface area (Å²) in [6.07, 6.45) is 1.69. The van der Waals surface area contributed by atoms with Gasteiger partial charge >= 0.3 is 0 Å². The van der Waals surface area contributed by atoms with Gasteiger partial charge in [-0.25, -0.2) is 4.39 Å². The monoisotopic (exact) mass is 543 g/mol. The number of carbonyl (C=O) groups excluding carboxylic acids is 3. The number of imide groups is 1. The topological polar surface area (TPSA) is 80.6 Å². The van der Waals surface area contributed by atoms with Crippen molar-refractivity contribution in [2.45, 2.75) is 20.4 Å². The predicted molar refractivity (Wildman–Crippen MR) is 151 cm³/mol. The maximum atomic E-state index is 14.4. The number of fused-ring (bicyclic) bond motifs is 1. The van der Waals surface area contributed by atoms with Gasteiger partial charge < -0.3 is 14.6 Å². The molecule has 1 saturated heterocycles. The molecular formula is C30H26FN3O4S. The number of hydrogen-bond acceptors (Lipinski definition) is 5. The van der Waals surface area contributed by atoms with Gasteiger partial charge in [0.15, 0.2) is 0 Å². The molecule has 1 aliphatic rings. The molecule has 5 rings (SSSR count). The first-order chi connectivity index (χ1) is 18.9. The van der Waals surface area contributed by atoms with E-state index in [4.69, 9.17) is 4.74 Å². The summed E-state index contributed by atoms with van der Waals surface area (Å²) < 4.78 is 21.8. The van der Waals surface area contributed by atoms with E-state index < -0.39 is 23.6 Å². The van der Waals surface area contributed by atoms with Crippen molar-refractivity contribution >= 4 is 51.5 Å². The smallest absolute Gasteiger partial charge is 0.294 e. The molecule has 1 N–H and O–H groups in total. The van der Waals surface area contributed by atoms with Crippen LogP contribution in [-0.4, -0.2) is 39.7 Å². The standard InChI is InChI=1S/C30H26FN3O4S/c1-3-38-22-14-12-21(13-15-22)32-28(35)18-34-29(36)27(39-30(34)37)16-24-19(2)33(26-11-7-5-9-23(24)26)17-20-8-4-6-10-25(20)31/h4-16H,3,17-18H2,1-2H3,(H,32,35)/b27-16+. The predicted octanol–water partition coefficient (Wildman–Crippen LogP) is 6.21. The SMILES string of the molecule is CCOc1ccc(NC(=O)CN2C(=O)S/C(=C/c3c(C)n(Cc4ccccc4F)c4ccccc34)C2=O)cc1. The van der Waals surface area contributed by atoms with E-state index in [-0.39, 0.29) is 10.7 Å². The van der Waals surface area contributed by atoms with Gasteiger partial charge in [-0.2, -0.15) is 0 Å². The van der Waals surface area contributed by atoms with Crippen LogP contribution in [0.1, 0.15) is 23.7 Å². The number of benzene rings is 3. The molecule has 0 spiro atoms. The molecule has 3 aromatic carbocycles. The van der Waals surface area contributed by atoms with E-state index in [0.717, 1.165) is 38.8 Å². The van der Waals surface area contributed by atoms with Crippen LogP contribution in [0, 0.1) is 12.7 Å². The molecule has 9 heteroatoms. The fourth-order valence-electron chi connectivity index (χ4n) is 4.55. The van der Waals surface area contributed by atoms with E-state index in [1.165, 1.54) is 6.07 Å². The first-order valence-corrected chi connectivity index (χ1v) is 13.3. The van der Waals surface area contributed by atoms with Gasteiger partial charge in [0.2, 0.25) is 5.91 Å². The number of nitrogens with zero attached hydrogens (tertiary/aromatic N) is 2. The van der Waals surface area contributed by atoms with Crippen LogP contribution in [0.25, 0.3) is 17.0 Å². The van der Waals surface area contributed by atoms with Crippen LogP contribution in [-0.2, 0) is 16.1 Å². The van der Waals surface area contributed by atoms with Crippen molar-refractivity contribution in [1.29, 1.82) is 0 Å².